The minimum absolute atomic E-state index is 0.206. The van der Waals surface area contributed by atoms with Gasteiger partial charge in [-0.15, -0.1) is 0 Å². The van der Waals surface area contributed by atoms with E-state index in [1.807, 2.05) is 0 Å². The first-order valence-electron chi connectivity index (χ1n) is 7.14. The minimum Gasteiger partial charge on any atom is -0.495 e. The number of ether oxygens (including phenoxy) is 3. The number of carbonyl (C=O) groups is 1. The maximum atomic E-state index is 12.2. The molecule has 2 aromatic carbocycles. The SMILES string of the molecule is COc1cc(OC)c(NC(=O)Oc2cc(C)c(Cl)c(C)c2Cl)cc1Cl. The summed E-state index contributed by atoms with van der Waals surface area (Å²) < 4.78 is 15.6. The second-order valence-electron chi connectivity index (χ2n) is 5.15. The Morgan fingerprint density at radius 2 is 1.56 bits per heavy atom. The van der Waals surface area contributed by atoms with Crippen molar-refractivity contribution in [1.82, 2.24) is 0 Å². The standard InChI is InChI=1S/C17H16Cl3NO4/c1-8-5-14(16(20)9(2)15(8)19)25-17(22)21-11-6-10(18)12(23-3)7-13(11)24-4/h5-7H,1-4H3,(H,21,22). The summed E-state index contributed by atoms with van der Waals surface area (Å²) in [6, 6.07) is 4.65. The van der Waals surface area contributed by atoms with Crippen molar-refractivity contribution in [1.29, 1.82) is 0 Å². The van der Waals surface area contributed by atoms with E-state index in [-0.39, 0.29) is 10.8 Å². The Labute approximate surface area is 160 Å². The van der Waals surface area contributed by atoms with Gasteiger partial charge in [-0.1, -0.05) is 34.8 Å². The summed E-state index contributed by atoms with van der Waals surface area (Å²) in [7, 11) is 2.94. The second kappa shape index (κ2) is 8.04. The Morgan fingerprint density at radius 3 is 2.16 bits per heavy atom. The van der Waals surface area contributed by atoms with Crippen molar-refractivity contribution in [3.63, 3.8) is 0 Å². The fourth-order valence-electron chi connectivity index (χ4n) is 2.17. The average Bonchev–Trinajstić information content (AvgIpc) is 2.58. The van der Waals surface area contributed by atoms with Crippen LogP contribution in [0.4, 0.5) is 10.5 Å². The first-order valence-corrected chi connectivity index (χ1v) is 8.27. The first kappa shape index (κ1) is 19.5. The molecule has 5 nitrogen and oxygen atoms in total. The van der Waals surface area contributed by atoms with Gasteiger partial charge in [0.1, 0.15) is 11.5 Å². The summed E-state index contributed by atoms with van der Waals surface area (Å²) in [6.07, 6.45) is -0.748. The van der Waals surface area contributed by atoms with Gasteiger partial charge in [-0.25, -0.2) is 4.79 Å². The van der Waals surface area contributed by atoms with E-state index in [0.717, 1.165) is 5.56 Å². The van der Waals surface area contributed by atoms with Gasteiger partial charge in [0.2, 0.25) is 0 Å². The van der Waals surface area contributed by atoms with Gasteiger partial charge < -0.3 is 14.2 Å². The number of halogens is 3. The van der Waals surface area contributed by atoms with Gasteiger partial charge in [0.25, 0.3) is 0 Å². The fraction of sp³-hybridized carbons (Fsp3) is 0.235. The number of methoxy groups -OCH3 is 2. The highest BCUT2D eigenvalue weighted by molar-refractivity contribution is 6.37. The highest BCUT2D eigenvalue weighted by Gasteiger charge is 2.17. The van der Waals surface area contributed by atoms with Crippen molar-refractivity contribution in [2.24, 2.45) is 0 Å². The molecule has 0 aliphatic heterocycles. The first-order chi connectivity index (χ1) is 11.8. The molecule has 2 aromatic rings. The molecule has 0 atom stereocenters. The molecule has 0 spiro atoms. The zero-order chi connectivity index (χ0) is 18.7. The molecule has 8 heteroatoms. The number of carbonyl (C=O) groups excluding carboxylic acids is 1. The third-order valence-electron chi connectivity index (χ3n) is 3.48. The molecule has 0 saturated heterocycles. The van der Waals surface area contributed by atoms with Crippen molar-refractivity contribution in [3.05, 3.63) is 44.4 Å². The van der Waals surface area contributed by atoms with Crippen LogP contribution < -0.4 is 19.5 Å². The molecule has 0 aromatic heterocycles. The van der Waals surface area contributed by atoms with E-state index in [1.165, 1.54) is 20.3 Å². The quantitative estimate of drug-likeness (QED) is 0.690. The number of benzene rings is 2. The van der Waals surface area contributed by atoms with E-state index in [4.69, 9.17) is 49.0 Å². The van der Waals surface area contributed by atoms with Crippen LogP contribution in [0.15, 0.2) is 18.2 Å². The van der Waals surface area contributed by atoms with E-state index in [2.05, 4.69) is 5.32 Å². The smallest absolute Gasteiger partial charge is 0.417 e. The van der Waals surface area contributed by atoms with Crippen LogP contribution in [0, 0.1) is 13.8 Å². The fourth-order valence-corrected chi connectivity index (χ4v) is 2.79. The molecule has 0 bridgehead atoms. The molecule has 2 rings (SSSR count). The van der Waals surface area contributed by atoms with E-state index < -0.39 is 6.09 Å². The maximum absolute atomic E-state index is 12.2. The van der Waals surface area contributed by atoms with E-state index in [0.29, 0.717) is 32.8 Å². The van der Waals surface area contributed by atoms with E-state index in [1.54, 1.807) is 26.0 Å². The lowest BCUT2D eigenvalue weighted by atomic mass is 10.1. The lowest BCUT2D eigenvalue weighted by Crippen LogP contribution is -2.17. The topological polar surface area (TPSA) is 56.8 Å². The highest BCUT2D eigenvalue weighted by Crippen LogP contribution is 2.37. The van der Waals surface area contributed by atoms with Crippen molar-refractivity contribution < 1.29 is 19.0 Å². The summed E-state index contributed by atoms with van der Waals surface area (Å²) in [5.41, 5.74) is 1.71. The van der Waals surface area contributed by atoms with Crippen LogP contribution in [0.2, 0.25) is 15.1 Å². The molecule has 1 amide bonds. The van der Waals surface area contributed by atoms with Gasteiger partial charge in [0, 0.05) is 11.1 Å². The van der Waals surface area contributed by atoms with Crippen LogP contribution in [0.5, 0.6) is 17.2 Å². The number of aryl methyl sites for hydroxylation is 1. The number of amides is 1. The molecule has 134 valence electrons. The van der Waals surface area contributed by atoms with E-state index in [9.17, 15) is 4.79 Å². The summed E-state index contributed by atoms with van der Waals surface area (Å²) in [5.74, 6) is 0.995. The van der Waals surface area contributed by atoms with Gasteiger partial charge in [0.15, 0.2) is 5.75 Å². The Hall–Kier alpha value is -1.82. The summed E-state index contributed by atoms with van der Waals surface area (Å²) in [6.45, 7) is 3.54. The molecule has 0 radical (unpaired) electrons. The van der Waals surface area contributed by atoms with Crippen LogP contribution in [-0.4, -0.2) is 20.3 Å². The summed E-state index contributed by atoms with van der Waals surface area (Å²) in [5, 5.41) is 3.68. The predicted molar refractivity (Wildman–Crippen MR) is 100 cm³/mol. The Balaban J connectivity index is 2.26. The molecule has 0 saturated carbocycles. The zero-order valence-electron chi connectivity index (χ0n) is 14.0. The Kier molecular flexibility index (Phi) is 6.27. The normalized spacial score (nSPS) is 10.4. The third-order valence-corrected chi connectivity index (χ3v) is 4.83. The van der Waals surface area contributed by atoms with Crippen molar-refractivity contribution in [2.45, 2.75) is 13.8 Å². The third kappa shape index (κ3) is 4.24. The van der Waals surface area contributed by atoms with Gasteiger partial charge in [-0.05, 0) is 37.1 Å². The number of anilines is 1. The number of hydrogen-bond acceptors (Lipinski definition) is 4. The van der Waals surface area contributed by atoms with Crippen LogP contribution in [0.1, 0.15) is 11.1 Å². The van der Waals surface area contributed by atoms with Gasteiger partial charge in [-0.2, -0.15) is 0 Å². The molecule has 25 heavy (non-hydrogen) atoms. The van der Waals surface area contributed by atoms with Crippen molar-refractivity contribution in [2.75, 3.05) is 19.5 Å². The lowest BCUT2D eigenvalue weighted by molar-refractivity contribution is 0.215. The van der Waals surface area contributed by atoms with Crippen molar-refractivity contribution >= 4 is 46.6 Å². The molecule has 0 unspecified atom stereocenters. The lowest BCUT2D eigenvalue weighted by Gasteiger charge is -2.14. The molecular formula is C17H16Cl3NO4. The van der Waals surface area contributed by atoms with Crippen LogP contribution in [0.3, 0.4) is 0 Å². The van der Waals surface area contributed by atoms with Gasteiger partial charge >= 0.3 is 6.09 Å². The second-order valence-corrected chi connectivity index (χ2v) is 6.31. The molecule has 1 N–H and O–H groups in total. The summed E-state index contributed by atoms with van der Waals surface area (Å²) in [4.78, 5) is 12.2. The largest absolute Gasteiger partial charge is 0.495 e. The molecule has 0 aliphatic carbocycles. The molecule has 0 aliphatic rings. The minimum atomic E-state index is -0.748. The number of nitrogens with one attached hydrogen (secondary N) is 1. The molecular weight excluding hydrogens is 389 g/mol. The molecule has 0 heterocycles. The summed E-state index contributed by atoms with van der Waals surface area (Å²) >= 11 is 18.4. The Morgan fingerprint density at radius 1 is 0.920 bits per heavy atom. The predicted octanol–water partition coefficient (Wildman–Crippen LogP) is 5.89. The van der Waals surface area contributed by atoms with Gasteiger partial charge in [0.05, 0.1) is 30.0 Å². The number of rotatable bonds is 4. The van der Waals surface area contributed by atoms with Gasteiger partial charge in [-0.3, -0.25) is 5.32 Å². The van der Waals surface area contributed by atoms with Crippen LogP contribution in [0.25, 0.3) is 0 Å². The van der Waals surface area contributed by atoms with Crippen molar-refractivity contribution in [3.8, 4) is 17.2 Å². The average molecular weight is 405 g/mol. The molecule has 0 fully saturated rings. The maximum Gasteiger partial charge on any atom is 0.417 e. The number of hydrogen-bond donors (Lipinski definition) is 1. The zero-order valence-corrected chi connectivity index (χ0v) is 16.3. The monoisotopic (exact) mass is 403 g/mol. The Bertz CT molecular complexity index is 824. The van der Waals surface area contributed by atoms with E-state index >= 15 is 0 Å². The highest BCUT2D eigenvalue weighted by atomic mass is 35.5. The van der Waals surface area contributed by atoms with Crippen LogP contribution >= 0.6 is 34.8 Å². The van der Waals surface area contributed by atoms with Crippen LogP contribution in [-0.2, 0) is 0 Å².